The Kier molecular flexibility index (Phi) is 5.40. The van der Waals surface area contributed by atoms with E-state index < -0.39 is 0 Å². The van der Waals surface area contributed by atoms with Crippen molar-refractivity contribution in [3.05, 3.63) is 17.0 Å². The van der Waals surface area contributed by atoms with Gasteiger partial charge in [0.25, 0.3) is 0 Å². The zero-order valence-electron chi connectivity index (χ0n) is 11.4. The van der Waals surface area contributed by atoms with Gasteiger partial charge in [0.2, 0.25) is 0 Å². The predicted molar refractivity (Wildman–Crippen MR) is 77.5 cm³/mol. The smallest absolute Gasteiger partial charge is 0.134 e. The molecule has 1 aromatic heterocycles. The van der Waals surface area contributed by atoms with E-state index in [9.17, 15) is 5.11 Å². The van der Waals surface area contributed by atoms with E-state index >= 15 is 0 Å². The van der Waals surface area contributed by atoms with Crippen LogP contribution in [0.4, 0.5) is 5.82 Å². The van der Waals surface area contributed by atoms with E-state index in [0.717, 1.165) is 50.3 Å². The number of aliphatic hydroxyl groups is 1. The maximum Gasteiger partial charge on any atom is 0.134 e. The minimum atomic E-state index is -0.186. The van der Waals surface area contributed by atoms with Gasteiger partial charge in [-0.3, -0.25) is 0 Å². The van der Waals surface area contributed by atoms with Crippen LogP contribution in [0.15, 0.2) is 6.07 Å². The topological polar surface area (TPSA) is 58.0 Å². The first kappa shape index (κ1) is 14.5. The highest BCUT2D eigenvalue weighted by molar-refractivity contribution is 6.29. The Bertz CT molecular complexity index is 414. The number of aryl methyl sites for hydroxylation is 1. The third kappa shape index (κ3) is 4.32. The average molecular weight is 284 g/mol. The van der Waals surface area contributed by atoms with Crippen molar-refractivity contribution >= 4 is 17.4 Å². The second-order valence-electron chi connectivity index (χ2n) is 5.23. The molecule has 19 heavy (non-hydrogen) atoms. The van der Waals surface area contributed by atoms with E-state index in [1.165, 1.54) is 6.42 Å². The highest BCUT2D eigenvalue weighted by Gasteiger charge is 2.22. The normalized spacial score (nSPS) is 23.3. The predicted octanol–water partition coefficient (Wildman–Crippen LogP) is 3.05. The van der Waals surface area contributed by atoms with Crippen LogP contribution in [0, 0.1) is 5.92 Å². The number of hydrogen-bond donors (Lipinski definition) is 2. The summed E-state index contributed by atoms with van der Waals surface area (Å²) in [5, 5.41) is 13.7. The Morgan fingerprint density at radius 1 is 1.37 bits per heavy atom. The summed E-state index contributed by atoms with van der Waals surface area (Å²) in [5.74, 6) is 1.86. The number of anilines is 1. The van der Waals surface area contributed by atoms with Gasteiger partial charge in [0.1, 0.15) is 16.8 Å². The Hall–Kier alpha value is -0.870. The first-order valence-electron chi connectivity index (χ1n) is 7.14. The lowest BCUT2D eigenvalue weighted by Gasteiger charge is -2.27. The van der Waals surface area contributed by atoms with Gasteiger partial charge >= 0.3 is 0 Å². The molecule has 1 aromatic rings. The molecular formula is C14H22ClN3O. The van der Waals surface area contributed by atoms with Crippen LogP contribution < -0.4 is 5.32 Å². The van der Waals surface area contributed by atoms with Gasteiger partial charge in [-0.05, 0) is 19.3 Å². The molecule has 1 saturated carbocycles. The van der Waals surface area contributed by atoms with Crippen LogP contribution in [0.5, 0.6) is 0 Å². The van der Waals surface area contributed by atoms with E-state index in [0.29, 0.717) is 11.1 Å². The number of nitrogens with one attached hydrogen (secondary N) is 1. The summed E-state index contributed by atoms with van der Waals surface area (Å²) >= 11 is 6.00. The van der Waals surface area contributed by atoms with Gasteiger partial charge in [-0.2, -0.15) is 0 Å². The van der Waals surface area contributed by atoms with Crippen molar-refractivity contribution in [1.82, 2.24) is 9.97 Å². The second-order valence-corrected chi connectivity index (χ2v) is 5.62. The summed E-state index contributed by atoms with van der Waals surface area (Å²) in [4.78, 5) is 8.64. The molecule has 1 fully saturated rings. The van der Waals surface area contributed by atoms with Gasteiger partial charge in [-0.25, -0.2) is 9.97 Å². The van der Waals surface area contributed by atoms with Crippen molar-refractivity contribution in [2.75, 3.05) is 11.9 Å². The van der Waals surface area contributed by atoms with Crippen molar-refractivity contribution in [2.45, 2.75) is 51.6 Å². The van der Waals surface area contributed by atoms with Crippen molar-refractivity contribution in [3.8, 4) is 0 Å². The van der Waals surface area contributed by atoms with E-state index in [4.69, 9.17) is 11.6 Å². The molecule has 5 heteroatoms. The Balaban J connectivity index is 1.94. The lowest BCUT2D eigenvalue weighted by atomic mass is 9.86. The van der Waals surface area contributed by atoms with Crippen LogP contribution in [-0.4, -0.2) is 27.7 Å². The highest BCUT2D eigenvalue weighted by atomic mass is 35.5. The molecule has 0 spiro atoms. The fourth-order valence-corrected chi connectivity index (χ4v) is 2.75. The maximum atomic E-state index is 9.94. The molecule has 1 aliphatic rings. The lowest BCUT2D eigenvalue weighted by molar-refractivity contribution is 0.0763. The minimum Gasteiger partial charge on any atom is -0.393 e. The summed E-state index contributed by atoms with van der Waals surface area (Å²) in [6.07, 6.45) is 5.98. The third-order valence-electron chi connectivity index (χ3n) is 3.63. The Morgan fingerprint density at radius 3 is 2.89 bits per heavy atom. The minimum absolute atomic E-state index is 0.186. The van der Waals surface area contributed by atoms with Crippen molar-refractivity contribution < 1.29 is 5.11 Å². The van der Waals surface area contributed by atoms with Gasteiger partial charge in [-0.15, -0.1) is 0 Å². The third-order valence-corrected chi connectivity index (χ3v) is 3.82. The first-order valence-corrected chi connectivity index (χ1v) is 7.52. The van der Waals surface area contributed by atoms with Gasteiger partial charge in [-0.1, -0.05) is 31.4 Å². The fraction of sp³-hybridized carbons (Fsp3) is 0.714. The first-order chi connectivity index (χ1) is 9.19. The molecule has 2 atom stereocenters. The van der Waals surface area contributed by atoms with Gasteiger partial charge in [0.05, 0.1) is 6.10 Å². The monoisotopic (exact) mass is 283 g/mol. The molecule has 106 valence electrons. The lowest BCUT2D eigenvalue weighted by Crippen LogP contribution is -2.30. The van der Waals surface area contributed by atoms with Gasteiger partial charge in [0.15, 0.2) is 0 Å². The zero-order chi connectivity index (χ0) is 13.7. The van der Waals surface area contributed by atoms with Gasteiger partial charge < -0.3 is 10.4 Å². The highest BCUT2D eigenvalue weighted by Crippen LogP contribution is 2.24. The number of hydrogen-bond acceptors (Lipinski definition) is 4. The van der Waals surface area contributed by atoms with E-state index in [-0.39, 0.29) is 6.10 Å². The molecule has 0 bridgehead atoms. The standard InChI is InChI=1S/C14H22ClN3O/c1-2-5-13-17-12(15)8-14(18-13)16-9-10-6-3-4-7-11(10)19/h8,10-11,19H,2-7,9H2,1H3,(H,16,17,18). The molecule has 0 aliphatic heterocycles. The number of aromatic nitrogens is 2. The summed E-state index contributed by atoms with van der Waals surface area (Å²) in [7, 11) is 0. The summed E-state index contributed by atoms with van der Waals surface area (Å²) < 4.78 is 0. The molecule has 0 amide bonds. The van der Waals surface area contributed by atoms with Crippen LogP contribution in [0.1, 0.15) is 44.9 Å². The summed E-state index contributed by atoms with van der Waals surface area (Å²) in [6, 6.07) is 1.75. The van der Waals surface area contributed by atoms with Gasteiger partial charge in [0, 0.05) is 24.9 Å². The van der Waals surface area contributed by atoms with Crippen molar-refractivity contribution in [3.63, 3.8) is 0 Å². The van der Waals surface area contributed by atoms with Crippen molar-refractivity contribution in [1.29, 1.82) is 0 Å². The molecule has 0 radical (unpaired) electrons. The molecule has 1 heterocycles. The van der Waals surface area contributed by atoms with E-state index in [2.05, 4.69) is 22.2 Å². The quantitative estimate of drug-likeness (QED) is 0.816. The van der Waals surface area contributed by atoms with Crippen LogP contribution in [0.2, 0.25) is 5.15 Å². The molecule has 0 saturated heterocycles. The van der Waals surface area contributed by atoms with E-state index in [1.54, 1.807) is 6.07 Å². The molecule has 2 rings (SSSR count). The van der Waals surface area contributed by atoms with E-state index in [1.807, 2.05) is 0 Å². The largest absolute Gasteiger partial charge is 0.393 e. The summed E-state index contributed by atoms with van der Waals surface area (Å²) in [5.41, 5.74) is 0. The molecule has 2 unspecified atom stereocenters. The van der Waals surface area contributed by atoms with Crippen LogP contribution in [-0.2, 0) is 6.42 Å². The molecule has 0 aromatic carbocycles. The zero-order valence-corrected chi connectivity index (χ0v) is 12.2. The Labute approximate surface area is 119 Å². The number of nitrogens with zero attached hydrogens (tertiary/aromatic N) is 2. The fourth-order valence-electron chi connectivity index (χ4n) is 2.55. The van der Waals surface area contributed by atoms with Crippen molar-refractivity contribution in [2.24, 2.45) is 5.92 Å². The van der Waals surface area contributed by atoms with Crippen LogP contribution in [0.25, 0.3) is 0 Å². The second kappa shape index (κ2) is 7.06. The average Bonchev–Trinajstić information content (AvgIpc) is 2.37. The van der Waals surface area contributed by atoms with Crippen LogP contribution >= 0.6 is 11.6 Å². The van der Waals surface area contributed by atoms with Crippen LogP contribution in [0.3, 0.4) is 0 Å². The Morgan fingerprint density at radius 2 is 2.16 bits per heavy atom. The molecule has 4 nitrogen and oxygen atoms in total. The number of aliphatic hydroxyl groups excluding tert-OH is 1. The molecule has 2 N–H and O–H groups in total. The SMILES string of the molecule is CCCc1nc(Cl)cc(NCC2CCCCC2O)n1. The summed E-state index contributed by atoms with van der Waals surface area (Å²) in [6.45, 7) is 2.84. The molecule has 1 aliphatic carbocycles. The maximum absolute atomic E-state index is 9.94. The number of halogens is 1. The molecular weight excluding hydrogens is 262 g/mol. The number of rotatable bonds is 5.